The maximum absolute atomic E-state index is 6.30. The molecule has 18 heavy (non-hydrogen) atoms. The van der Waals surface area contributed by atoms with Gasteiger partial charge < -0.3 is 0 Å². The second-order valence-corrected chi connectivity index (χ2v) is 9.89. The van der Waals surface area contributed by atoms with Gasteiger partial charge in [-0.05, 0) is 0 Å². The SMILES string of the molecule is C=CC(C)OP(Cl)(Cl)(OC(C)C=C)OC(C)C=C. The molecule has 3 unspecified atom stereocenters. The molecule has 3 atom stereocenters. The molecule has 0 aliphatic carbocycles. The number of hydrogen-bond acceptors (Lipinski definition) is 3. The Kier molecular flexibility index (Phi) is 7.09. The van der Waals surface area contributed by atoms with Crippen LogP contribution in [0.4, 0.5) is 0 Å². The van der Waals surface area contributed by atoms with E-state index in [-0.39, 0.29) is 0 Å². The van der Waals surface area contributed by atoms with E-state index in [2.05, 4.69) is 19.7 Å². The van der Waals surface area contributed by atoms with Gasteiger partial charge in [0.2, 0.25) is 0 Å². The zero-order valence-corrected chi connectivity index (χ0v) is 13.4. The average molecular weight is 315 g/mol. The number of halogens is 2. The van der Waals surface area contributed by atoms with E-state index < -0.39 is 24.3 Å². The molecule has 0 aliphatic rings. The van der Waals surface area contributed by atoms with Crippen LogP contribution in [0.5, 0.6) is 0 Å². The van der Waals surface area contributed by atoms with E-state index in [1.165, 1.54) is 0 Å². The first-order valence-corrected chi connectivity index (χ1v) is 9.35. The first-order valence-electron chi connectivity index (χ1n) is 5.55. The van der Waals surface area contributed by atoms with E-state index >= 15 is 0 Å². The van der Waals surface area contributed by atoms with Crippen LogP contribution in [0.2, 0.25) is 0 Å². The molecule has 6 heteroatoms. The van der Waals surface area contributed by atoms with Crippen molar-refractivity contribution >= 4 is 28.5 Å². The fourth-order valence-electron chi connectivity index (χ4n) is 0.988. The van der Waals surface area contributed by atoms with Crippen LogP contribution in [0, 0.1) is 0 Å². The molecule has 0 bridgehead atoms. The molecule has 0 aromatic carbocycles. The summed E-state index contributed by atoms with van der Waals surface area (Å²) in [5.41, 5.74) is 0. The van der Waals surface area contributed by atoms with Gasteiger partial charge in [0.1, 0.15) is 0 Å². The second-order valence-electron chi connectivity index (χ2n) is 3.84. The maximum atomic E-state index is 6.30. The van der Waals surface area contributed by atoms with Crippen molar-refractivity contribution in [2.75, 3.05) is 0 Å². The van der Waals surface area contributed by atoms with E-state index in [4.69, 9.17) is 36.1 Å². The van der Waals surface area contributed by atoms with E-state index in [1.54, 1.807) is 39.0 Å². The van der Waals surface area contributed by atoms with Crippen molar-refractivity contribution in [1.29, 1.82) is 0 Å². The molecule has 0 saturated carbocycles. The van der Waals surface area contributed by atoms with E-state index in [0.717, 1.165) is 0 Å². The van der Waals surface area contributed by atoms with Crippen molar-refractivity contribution in [2.24, 2.45) is 0 Å². The minimum atomic E-state index is -4.25. The number of hydrogen-bond donors (Lipinski definition) is 0. The first kappa shape index (κ1) is 18.1. The van der Waals surface area contributed by atoms with Gasteiger partial charge in [0.25, 0.3) is 0 Å². The summed E-state index contributed by atoms with van der Waals surface area (Å²) in [6, 6.07) is 0. The van der Waals surface area contributed by atoms with Gasteiger partial charge in [-0.2, -0.15) is 0 Å². The molecule has 0 spiro atoms. The van der Waals surface area contributed by atoms with Crippen LogP contribution in [0.3, 0.4) is 0 Å². The van der Waals surface area contributed by atoms with Gasteiger partial charge in [-0.25, -0.2) is 0 Å². The average Bonchev–Trinajstić information content (AvgIpc) is 2.27. The van der Waals surface area contributed by atoms with Crippen molar-refractivity contribution in [3.63, 3.8) is 0 Å². The van der Waals surface area contributed by atoms with Crippen LogP contribution in [-0.4, -0.2) is 18.3 Å². The Morgan fingerprint density at radius 2 is 1.00 bits per heavy atom. The fraction of sp³-hybridized carbons (Fsp3) is 0.500. The van der Waals surface area contributed by atoms with E-state index in [9.17, 15) is 0 Å². The Morgan fingerprint density at radius 1 is 0.778 bits per heavy atom. The molecule has 0 fully saturated rings. The topological polar surface area (TPSA) is 27.7 Å². The predicted molar refractivity (Wildman–Crippen MR) is 80.9 cm³/mol. The van der Waals surface area contributed by atoms with Gasteiger partial charge >= 0.3 is 119 Å². The van der Waals surface area contributed by atoms with Crippen molar-refractivity contribution in [1.82, 2.24) is 0 Å². The monoisotopic (exact) mass is 314 g/mol. The van der Waals surface area contributed by atoms with Gasteiger partial charge in [-0.15, -0.1) is 0 Å². The van der Waals surface area contributed by atoms with Crippen LogP contribution in [0.25, 0.3) is 0 Å². The van der Waals surface area contributed by atoms with Gasteiger partial charge in [-0.1, -0.05) is 0 Å². The summed E-state index contributed by atoms with van der Waals surface area (Å²) in [6.07, 6.45) is 3.42. The van der Waals surface area contributed by atoms with E-state index in [1.807, 2.05) is 0 Å². The van der Waals surface area contributed by atoms with E-state index in [0.29, 0.717) is 0 Å². The Morgan fingerprint density at radius 3 is 1.17 bits per heavy atom. The summed E-state index contributed by atoms with van der Waals surface area (Å²) in [5, 5.41) is 0. The quantitative estimate of drug-likeness (QED) is 0.423. The molecule has 0 heterocycles. The summed E-state index contributed by atoms with van der Waals surface area (Å²) in [4.78, 5) is 0. The summed E-state index contributed by atoms with van der Waals surface area (Å²) >= 11 is 12.6. The molecule has 3 nitrogen and oxygen atoms in total. The Bertz CT molecular complexity index is 273. The van der Waals surface area contributed by atoms with Crippen LogP contribution >= 0.6 is 28.5 Å². The molecule has 0 saturated heterocycles. The molecular formula is C12H21Cl2O3P. The Hall–Kier alpha value is 0.110. The summed E-state index contributed by atoms with van der Waals surface area (Å²) in [6.45, 7) is 16.0. The van der Waals surface area contributed by atoms with Crippen molar-refractivity contribution in [2.45, 2.75) is 39.1 Å². The summed E-state index contributed by atoms with van der Waals surface area (Å²) in [5.74, 6) is -4.25. The Balaban J connectivity index is 5.14. The van der Waals surface area contributed by atoms with Crippen molar-refractivity contribution in [3.8, 4) is 0 Å². The van der Waals surface area contributed by atoms with Crippen LogP contribution < -0.4 is 0 Å². The standard InChI is InChI=1S/C12H21Cl2O3P/c1-7-10(4)15-18(13,14,16-11(5)8-2)17-12(6)9-3/h7-12H,1-3H2,4-6H3. The van der Waals surface area contributed by atoms with Crippen molar-refractivity contribution in [3.05, 3.63) is 38.0 Å². The van der Waals surface area contributed by atoms with Crippen molar-refractivity contribution < 1.29 is 13.6 Å². The molecule has 0 aliphatic heterocycles. The van der Waals surface area contributed by atoms with Crippen LogP contribution in [0.15, 0.2) is 38.0 Å². The molecule has 0 aromatic heterocycles. The predicted octanol–water partition coefficient (Wildman–Crippen LogP) is 5.37. The third-order valence-corrected chi connectivity index (χ3v) is 5.42. The zero-order valence-electron chi connectivity index (χ0n) is 11.0. The van der Waals surface area contributed by atoms with Gasteiger partial charge in [-0.3, -0.25) is 0 Å². The minimum absolute atomic E-state index is 0.410. The third kappa shape index (κ3) is 6.33. The van der Waals surface area contributed by atoms with Gasteiger partial charge in [0.15, 0.2) is 0 Å². The van der Waals surface area contributed by atoms with Gasteiger partial charge in [0.05, 0.1) is 0 Å². The molecule has 0 rings (SSSR count). The summed E-state index contributed by atoms with van der Waals surface area (Å²) < 4.78 is 16.6. The summed E-state index contributed by atoms with van der Waals surface area (Å²) in [7, 11) is 0. The second kappa shape index (κ2) is 7.04. The first-order chi connectivity index (χ1) is 8.15. The molecule has 0 radical (unpaired) electrons. The van der Waals surface area contributed by atoms with Crippen LogP contribution in [0.1, 0.15) is 20.8 Å². The molecule has 0 aromatic rings. The third-order valence-electron chi connectivity index (χ3n) is 1.99. The zero-order chi connectivity index (χ0) is 14.4. The normalized spacial score (nSPS) is 19.1. The molecular weight excluding hydrogens is 294 g/mol. The molecule has 0 N–H and O–H groups in total. The fourth-order valence-corrected chi connectivity index (χ4v) is 5.23. The molecule has 0 amide bonds. The van der Waals surface area contributed by atoms with Crippen LogP contribution in [-0.2, 0) is 13.6 Å². The molecule has 106 valence electrons. The Labute approximate surface area is 119 Å². The van der Waals surface area contributed by atoms with Gasteiger partial charge in [0, 0.05) is 0 Å². The number of rotatable bonds is 9.